The molecule has 0 atom stereocenters. The monoisotopic (exact) mass is 316 g/mol. The molecule has 0 bridgehead atoms. The summed E-state index contributed by atoms with van der Waals surface area (Å²) in [7, 11) is 0. The Labute approximate surface area is 132 Å². The summed E-state index contributed by atoms with van der Waals surface area (Å²) in [5, 5.41) is 13.8. The van der Waals surface area contributed by atoms with Gasteiger partial charge in [0.15, 0.2) is 5.76 Å². The molecule has 0 unspecified atom stereocenters. The first kappa shape index (κ1) is 15.0. The third-order valence-electron chi connectivity index (χ3n) is 3.82. The van der Waals surface area contributed by atoms with Gasteiger partial charge < -0.3 is 14.6 Å². The molecule has 0 aliphatic carbocycles. The highest BCUT2D eigenvalue weighted by Crippen LogP contribution is 2.18. The number of carbonyl (C=O) groups is 1. The van der Waals surface area contributed by atoms with Gasteiger partial charge in [0.05, 0.1) is 11.2 Å². The van der Waals surface area contributed by atoms with E-state index in [1.54, 1.807) is 23.1 Å². The molecule has 2 aromatic rings. The van der Waals surface area contributed by atoms with Crippen LogP contribution in [-0.4, -0.2) is 39.8 Å². The van der Waals surface area contributed by atoms with Crippen molar-refractivity contribution in [3.8, 4) is 0 Å². The summed E-state index contributed by atoms with van der Waals surface area (Å²) in [6, 6.07) is 6.56. The Morgan fingerprint density at radius 3 is 2.70 bits per heavy atom. The molecule has 0 saturated carbocycles. The molecule has 1 N–H and O–H groups in total. The Hall–Kier alpha value is -2.90. The van der Waals surface area contributed by atoms with Crippen molar-refractivity contribution in [2.24, 2.45) is 0 Å². The molecular formula is C15H16N4O4. The number of nitrogens with zero attached hydrogens (tertiary/aromatic N) is 3. The van der Waals surface area contributed by atoms with E-state index in [9.17, 15) is 14.9 Å². The van der Waals surface area contributed by atoms with Crippen molar-refractivity contribution in [3.63, 3.8) is 0 Å². The van der Waals surface area contributed by atoms with Crippen LogP contribution in [0, 0.1) is 10.1 Å². The van der Waals surface area contributed by atoms with E-state index >= 15 is 0 Å². The summed E-state index contributed by atoms with van der Waals surface area (Å²) in [4.78, 5) is 28.1. The van der Waals surface area contributed by atoms with Gasteiger partial charge in [0, 0.05) is 25.2 Å². The number of rotatable bonds is 4. The largest absolute Gasteiger partial charge is 0.459 e. The van der Waals surface area contributed by atoms with Gasteiger partial charge in [-0.25, -0.2) is 4.98 Å². The van der Waals surface area contributed by atoms with Crippen LogP contribution in [-0.2, 0) is 0 Å². The van der Waals surface area contributed by atoms with E-state index in [4.69, 9.17) is 4.42 Å². The smallest absolute Gasteiger partial charge is 0.289 e. The highest BCUT2D eigenvalue weighted by Gasteiger charge is 2.25. The van der Waals surface area contributed by atoms with Crippen molar-refractivity contribution in [3.05, 3.63) is 52.6 Å². The first-order chi connectivity index (χ1) is 11.1. The third kappa shape index (κ3) is 3.47. The first-order valence-corrected chi connectivity index (χ1v) is 7.33. The number of aromatic nitrogens is 1. The highest BCUT2D eigenvalue weighted by atomic mass is 16.6. The fourth-order valence-electron chi connectivity index (χ4n) is 2.57. The minimum atomic E-state index is -0.477. The van der Waals surface area contributed by atoms with E-state index in [0.29, 0.717) is 24.7 Å². The number of anilines is 1. The molecule has 1 aliphatic heterocycles. The van der Waals surface area contributed by atoms with Gasteiger partial charge in [-0.3, -0.25) is 14.9 Å². The molecule has 23 heavy (non-hydrogen) atoms. The lowest BCUT2D eigenvalue weighted by atomic mass is 10.0. The van der Waals surface area contributed by atoms with Crippen molar-refractivity contribution in [2.75, 3.05) is 18.4 Å². The lowest BCUT2D eigenvalue weighted by molar-refractivity contribution is -0.385. The predicted octanol–water partition coefficient (Wildman–Crippen LogP) is 2.30. The topological polar surface area (TPSA) is 102 Å². The van der Waals surface area contributed by atoms with Gasteiger partial charge in [-0.2, -0.15) is 0 Å². The summed E-state index contributed by atoms with van der Waals surface area (Å²) in [5.41, 5.74) is -0.0330. The van der Waals surface area contributed by atoms with E-state index in [-0.39, 0.29) is 17.6 Å². The fourth-order valence-corrected chi connectivity index (χ4v) is 2.57. The number of nitrogens with one attached hydrogen (secondary N) is 1. The Balaban J connectivity index is 1.53. The lowest BCUT2D eigenvalue weighted by Crippen LogP contribution is -2.42. The number of hydrogen-bond acceptors (Lipinski definition) is 6. The van der Waals surface area contributed by atoms with Crippen molar-refractivity contribution in [2.45, 2.75) is 18.9 Å². The van der Waals surface area contributed by atoms with Crippen LogP contribution in [0.3, 0.4) is 0 Å². The molecule has 3 rings (SSSR count). The van der Waals surface area contributed by atoms with Crippen LogP contribution in [0.15, 0.2) is 41.1 Å². The summed E-state index contributed by atoms with van der Waals surface area (Å²) >= 11 is 0. The Morgan fingerprint density at radius 2 is 2.13 bits per heavy atom. The lowest BCUT2D eigenvalue weighted by Gasteiger charge is -2.32. The molecule has 8 heteroatoms. The quantitative estimate of drug-likeness (QED) is 0.686. The maximum atomic E-state index is 12.2. The summed E-state index contributed by atoms with van der Waals surface area (Å²) in [6.45, 7) is 1.26. The molecule has 1 fully saturated rings. The Morgan fingerprint density at radius 1 is 1.35 bits per heavy atom. The summed E-state index contributed by atoms with van der Waals surface area (Å²) in [6.07, 6.45) is 4.29. The minimum absolute atomic E-state index is 0.0330. The summed E-state index contributed by atoms with van der Waals surface area (Å²) < 4.78 is 5.13. The standard InChI is InChI=1S/C15H16N4O4/c20-15(13-2-1-9-23-13)18-7-5-11(6-8-18)17-14-4-3-12(10-16-14)19(21)22/h1-4,9-11H,5-8H2,(H,16,17). The molecule has 2 aromatic heterocycles. The predicted molar refractivity (Wildman–Crippen MR) is 82.1 cm³/mol. The summed E-state index contributed by atoms with van der Waals surface area (Å²) in [5.74, 6) is 0.863. The molecule has 3 heterocycles. The zero-order chi connectivity index (χ0) is 16.2. The molecule has 0 spiro atoms. The molecule has 0 radical (unpaired) electrons. The molecule has 0 aromatic carbocycles. The van der Waals surface area contributed by atoms with E-state index in [1.807, 2.05) is 0 Å². The van der Waals surface area contributed by atoms with Crippen LogP contribution < -0.4 is 5.32 Å². The molecule has 1 aliphatic rings. The van der Waals surface area contributed by atoms with Crippen LogP contribution in [0.2, 0.25) is 0 Å². The van der Waals surface area contributed by atoms with E-state index in [1.165, 1.54) is 18.5 Å². The van der Waals surface area contributed by atoms with Crippen molar-refractivity contribution < 1.29 is 14.1 Å². The van der Waals surface area contributed by atoms with Gasteiger partial charge in [-0.15, -0.1) is 0 Å². The van der Waals surface area contributed by atoms with Gasteiger partial charge >= 0.3 is 0 Å². The molecule has 1 saturated heterocycles. The maximum absolute atomic E-state index is 12.2. The number of likely N-dealkylation sites (tertiary alicyclic amines) is 1. The average molecular weight is 316 g/mol. The van der Waals surface area contributed by atoms with Crippen LogP contribution in [0.25, 0.3) is 0 Å². The van der Waals surface area contributed by atoms with Crippen LogP contribution in [0.5, 0.6) is 0 Å². The third-order valence-corrected chi connectivity index (χ3v) is 3.82. The zero-order valence-electron chi connectivity index (χ0n) is 12.3. The van der Waals surface area contributed by atoms with Crippen LogP contribution >= 0.6 is 0 Å². The van der Waals surface area contributed by atoms with Crippen molar-refractivity contribution >= 4 is 17.4 Å². The number of furan rings is 1. The van der Waals surface area contributed by atoms with Crippen LogP contribution in [0.4, 0.5) is 11.5 Å². The second-order valence-corrected chi connectivity index (χ2v) is 5.35. The Bertz CT molecular complexity index is 676. The van der Waals surface area contributed by atoms with Gasteiger partial charge in [0.2, 0.25) is 0 Å². The number of amides is 1. The van der Waals surface area contributed by atoms with Gasteiger partial charge in [-0.05, 0) is 31.0 Å². The van der Waals surface area contributed by atoms with E-state index in [0.717, 1.165) is 12.8 Å². The molecule has 120 valence electrons. The SMILES string of the molecule is O=C(c1ccco1)N1CCC(Nc2ccc([N+](=O)[O-])cn2)CC1. The number of nitro groups is 1. The first-order valence-electron chi connectivity index (χ1n) is 7.33. The highest BCUT2D eigenvalue weighted by molar-refractivity contribution is 5.91. The maximum Gasteiger partial charge on any atom is 0.289 e. The number of piperidine rings is 1. The number of pyridine rings is 1. The average Bonchev–Trinajstić information content (AvgIpc) is 3.10. The van der Waals surface area contributed by atoms with Gasteiger partial charge in [0.1, 0.15) is 12.0 Å². The minimum Gasteiger partial charge on any atom is -0.459 e. The van der Waals surface area contributed by atoms with E-state index in [2.05, 4.69) is 10.3 Å². The second kappa shape index (κ2) is 6.47. The molecule has 8 nitrogen and oxygen atoms in total. The Kier molecular flexibility index (Phi) is 4.22. The normalized spacial score (nSPS) is 15.4. The molecular weight excluding hydrogens is 300 g/mol. The zero-order valence-corrected chi connectivity index (χ0v) is 12.3. The molecule has 1 amide bonds. The van der Waals surface area contributed by atoms with Crippen LogP contribution in [0.1, 0.15) is 23.4 Å². The fraction of sp³-hybridized carbons (Fsp3) is 0.333. The second-order valence-electron chi connectivity index (χ2n) is 5.35. The van der Waals surface area contributed by atoms with E-state index < -0.39 is 4.92 Å². The van der Waals surface area contributed by atoms with Crippen molar-refractivity contribution in [1.29, 1.82) is 0 Å². The number of hydrogen-bond donors (Lipinski definition) is 1. The number of carbonyl (C=O) groups excluding carboxylic acids is 1. The van der Waals surface area contributed by atoms with Gasteiger partial charge in [-0.1, -0.05) is 0 Å². The van der Waals surface area contributed by atoms with Crippen molar-refractivity contribution in [1.82, 2.24) is 9.88 Å². The van der Waals surface area contributed by atoms with Gasteiger partial charge in [0.25, 0.3) is 11.6 Å².